The third kappa shape index (κ3) is 4.47. The van der Waals surface area contributed by atoms with E-state index in [0.29, 0.717) is 0 Å². The van der Waals surface area contributed by atoms with Crippen LogP contribution in [0.1, 0.15) is 17.5 Å². The molecule has 1 heterocycles. The van der Waals surface area contributed by atoms with E-state index in [0.717, 1.165) is 16.0 Å². The van der Waals surface area contributed by atoms with E-state index < -0.39 is 18.1 Å². The van der Waals surface area contributed by atoms with E-state index in [9.17, 15) is 14.4 Å². The van der Waals surface area contributed by atoms with Gasteiger partial charge < -0.3 is 9.47 Å². The van der Waals surface area contributed by atoms with Gasteiger partial charge in [-0.2, -0.15) is 0 Å². The number of amides is 1. The topological polar surface area (TPSA) is 72.9 Å². The maximum atomic E-state index is 12.3. The molecular formula is C20H19NO5. The molecule has 3 rings (SSSR count). The summed E-state index contributed by atoms with van der Waals surface area (Å²) in [6, 6.07) is 17.5. The van der Waals surface area contributed by atoms with Crippen LogP contribution in [0, 0.1) is 0 Å². The van der Waals surface area contributed by atoms with Crippen LogP contribution in [0.4, 0.5) is 4.79 Å². The van der Waals surface area contributed by atoms with Gasteiger partial charge in [-0.05, 0) is 11.1 Å². The molecule has 1 unspecified atom stereocenters. The standard InChI is InChI=1S/C20H19NO5/c22-17(11-15-7-3-1-4-8-15)12-18-19(23)26-14-21(18)20(24)25-13-16-9-5-2-6-10-16/h1-10,18H,11-14H2. The number of benzene rings is 2. The number of hydrogen-bond acceptors (Lipinski definition) is 5. The Kier molecular flexibility index (Phi) is 5.63. The van der Waals surface area contributed by atoms with Crippen molar-refractivity contribution in [3.05, 3.63) is 71.8 Å². The van der Waals surface area contributed by atoms with Crippen LogP contribution in [0.5, 0.6) is 0 Å². The molecule has 1 fully saturated rings. The first-order valence-electron chi connectivity index (χ1n) is 8.33. The Hall–Kier alpha value is -3.15. The van der Waals surface area contributed by atoms with Crippen molar-refractivity contribution in [2.75, 3.05) is 6.73 Å². The van der Waals surface area contributed by atoms with Gasteiger partial charge in [-0.1, -0.05) is 60.7 Å². The number of ether oxygens (including phenoxy) is 2. The van der Waals surface area contributed by atoms with Crippen molar-refractivity contribution in [2.24, 2.45) is 0 Å². The molecule has 26 heavy (non-hydrogen) atoms. The number of carbonyl (C=O) groups excluding carboxylic acids is 3. The second-order valence-electron chi connectivity index (χ2n) is 6.02. The lowest BCUT2D eigenvalue weighted by Crippen LogP contribution is -2.40. The van der Waals surface area contributed by atoms with Crippen LogP contribution in [0.2, 0.25) is 0 Å². The number of esters is 1. The molecule has 0 saturated carbocycles. The first kappa shape index (κ1) is 17.7. The summed E-state index contributed by atoms with van der Waals surface area (Å²) >= 11 is 0. The van der Waals surface area contributed by atoms with Gasteiger partial charge in [0.05, 0.1) is 0 Å². The summed E-state index contributed by atoms with van der Waals surface area (Å²) in [7, 11) is 0. The SMILES string of the molecule is O=C(Cc1ccccc1)CC1C(=O)OCN1C(=O)OCc1ccccc1. The lowest BCUT2D eigenvalue weighted by atomic mass is 10.0. The van der Waals surface area contributed by atoms with Crippen molar-refractivity contribution in [3.63, 3.8) is 0 Å². The second-order valence-corrected chi connectivity index (χ2v) is 6.02. The lowest BCUT2D eigenvalue weighted by Gasteiger charge is -2.19. The molecule has 0 N–H and O–H groups in total. The largest absolute Gasteiger partial charge is 0.444 e. The van der Waals surface area contributed by atoms with E-state index in [1.165, 1.54) is 0 Å². The molecule has 6 heteroatoms. The van der Waals surface area contributed by atoms with Gasteiger partial charge in [0.2, 0.25) is 0 Å². The first-order chi connectivity index (χ1) is 12.6. The Morgan fingerprint density at radius 1 is 1.00 bits per heavy atom. The Morgan fingerprint density at radius 2 is 1.62 bits per heavy atom. The number of rotatable bonds is 6. The van der Waals surface area contributed by atoms with Gasteiger partial charge >= 0.3 is 12.1 Å². The van der Waals surface area contributed by atoms with E-state index in [1.807, 2.05) is 60.7 Å². The molecule has 0 aromatic heterocycles. The van der Waals surface area contributed by atoms with Crippen molar-refractivity contribution in [2.45, 2.75) is 25.5 Å². The predicted octanol–water partition coefficient (Wildman–Crippen LogP) is 2.71. The molecular weight excluding hydrogens is 334 g/mol. The van der Waals surface area contributed by atoms with Crippen molar-refractivity contribution in [1.82, 2.24) is 4.90 Å². The second kappa shape index (κ2) is 8.29. The lowest BCUT2D eigenvalue weighted by molar-refractivity contribution is -0.140. The molecule has 0 bridgehead atoms. The molecule has 1 amide bonds. The molecule has 0 radical (unpaired) electrons. The highest BCUT2D eigenvalue weighted by atomic mass is 16.6. The number of cyclic esters (lactones) is 1. The molecule has 6 nitrogen and oxygen atoms in total. The summed E-state index contributed by atoms with van der Waals surface area (Å²) in [5, 5.41) is 0. The average Bonchev–Trinajstić information content (AvgIpc) is 3.02. The normalized spacial score (nSPS) is 16.2. The highest BCUT2D eigenvalue weighted by molar-refractivity contribution is 5.91. The van der Waals surface area contributed by atoms with Crippen molar-refractivity contribution in [3.8, 4) is 0 Å². The van der Waals surface area contributed by atoms with Gasteiger partial charge in [0.15, 0.2) is 6.73 Å². The third-order valence-electron chi connectivity index (χ3n) is 4.10. The Bertz CT molecular complexity index is 775. The van der Waals surface area contributed by atoms with Gasteiger partial charge in [0.25, 0.3) is 0 Å². The summed E-state index contributed by atoms with van der Waals surface area (Å²) in [4.78, 5) is 37.6. The number of nitrogens with zero attached hydrogens (tertiary/aromatic N) is 1. The van der Waals surface area contributed by atoms with Crippen molar-refractivity contribution in [1.29, 1.82) is 0 Å². The Morgan fingerprint density at radius 3 is 2.27 bits per heavy atom. The van der Waals surface area contributed by atoms with Gasteiger partial charge in [0.1, 0.15) is 18.4 Å². The smallest absolute Gasteiger partial charge is 0.413 e. The zero-order valence-corrected chi connectivity index (χ0v) is 14.2. The Balaban J connectivity index is 1.57. The van der Waals surface area contributed by atoms with E-state index in [4.69, 9.17) is 9.47 Å². The van der Waals surface area contributed by atoms with E-state index >= 15 is 0 Å². The van der Waals surface area contributed by atoms with Crippen molar-refractivity contribution < 1.29 is 23.9 Å². The summed E-state index contributed by atoms with van der Waals surface area (Å²) in [5.74, 6) is -0.719. The highest BCUT2D eigenvalue weighted by Crippen LogP contribution is 2.18. The van der Waals surface area contributed by atoms with Gasteiger partial charge in [-0.25, -0.2) is 9.59 Å². The molecule has 0 spiro atoms. The van der Waals surface area contributed by atoms with Crippen LogP contribution in [0.15, 0.2) is 60.7 Å². The van der Waals surface area contributed by atoms with Crippen LogP contribution in [0.25, 0.3) is 0 Å². The summed E-state index contributed by atoms with van der Waals surface area (Å²) < 4.78 is 10.2. The minimum atomic E-state index is -0.936. The highest BCUT2D eigenvalue weighted by Gasteiger charge is 2.40. The summed E-state index contributed by atoms with van der Waals surface area (Å²) in [6.45, 7) is -0.106. The fraction of sp³-hybridized carbons (Fsp3) is 0.250. The fourth-order valence-corrected chi connectivity index (χ4v) is 2.73. The van der Waals surface area contributed by atoms with E-state index in [-0.39, 0.29) is 32.0 Å². The molecule has 1 aliphatic rings. The maximum Gasteiger partial charge on any atom is 0.413 e. The molecule has 2 aromatic carbocycles. The Labute approximate surface area is 151 Å². The van der Waals surface area contributed by atoms with Crippen LogP contribution in [-0.4, -0.2) is 35.5 Å². The van der Waals surface area contributed by atoms with E-state index in [2.05, 4.69) is 0 Å². The molecule has 0 aliphatic carbocycles. The molecule has 134 valence electrons. The maximum absolute atomic E-state index is 12.3. The fourth-order valence-electron chi connectivity index (χ4n) is 2.73. The molecule has 2 aromatic rings. The molecule has 1 atom stereocenters. The third-order valence-corrected chi connectivity index (χ3v) is 4.10. The van der Waals surface area contributed by atoms with E-state index in [1.54, 1.807) is 0 Å². The number of carbonyl (C=O) groups is 3. The minimum absolute atomic E-state index is 0.0891. The zero-order valence-electron chi connectivity index (χ0n) is 14.2. The minimum Gasteiger partial charge on any atom is -0.444 e. The number of Topliss-reactive ketones (excluding diaryl/α,β-unsaturated/α-hetero) is 1. The average molecular weight is 353 g/mol. The number of hydrogen-bond donors (Lipinski definition) is 0. The van der Waals surface area contributed by atoms with Gasteiger partial charge in [0, 0.05) is 12.8 Å². The van der Waals surface area contributed by atoms with Crippen LogP contribution >= 0.6 is 0 Å². The van der Waals surface area contributed by atoms with Gasteiger partial charge in [-0.3, -0.25) is 9.69 Å². The summed E-state index contributed by atoms with van der Waals surface area (Å²) in [5.41, 5.74) is 1.70. The van der Waals surface area contributed by atoms with Crippen LogP contribution in [0.3, 0.4) is 0 Å². The molecule has 1 saturated heterocycles. The molecule has 1 aliphatic heterocycles. The van der Waals surface area contributed by atoms with Crippen LogP contribution in [-0.2, 0) is 32.1 Å². The number of ketones is 1. The monoisotopic (exact) mass is 353 g/mol. The summed E-state index contributed by atoms with van der Waals surface area (Å²) in [6.07, 6.45) is -0.552. The zero-order chi connectivity index (χ0) is 18.4. The van der Waals surface area contributed by atoms with Crippen molar-refractivity contribution >= 4 is 17.8 Å². The van der Waals surface area contributed by atoms with Crippen LogP contribution < -0.4 is 0 Å². The predicted molar refractivity (Wildman–Crippen MR) is 93.0 cm³/mol. The quantitative estimate of drug-likeness (QED) is 0.747. The van der Waals surface area contributed by atoms with Gasteiger partial charge in [-0.15, -0.1) is 0 Å². The first-order valence-corrected chi connectivity index (χ1v) is 8.33.